The molecule has 8 nitrogen and oxygen atoms in total. The molecule has 4 heterocycles. The summed E-state index contributed by atoms with van der Waals surface area (Å²) in [6.07, 6.45) is 2.11. The van der Waals surface area contributed by atoms with Crippen LogP contribution < -0.4 is 15.5 Å². The Morgan fingerprint density at radius 2 is 1.68 bits per heavy atom. The predicted molar refractivity (Wildman–Crippen MR) is 95.2 cm³/mol. The summed E-state index contributed by atoms with van der Waals surface area (Å²) in [7, 11) is 0. The molecule has 3 unspecified atom stereocenters. The second kappa shape index (κ2) is 6.10. The number of carbonyl (C=O) groups is 4. The van der Waals surface area contributed by atoms with Crippen LogP contribution in [-0.2, 0) is 9.59 Å². The largest absolute Gasteiger partial charge is 0.365 e. The summed E-state index contributed by atoms with van der Waals surface area (Å²) in [5, 5.41) is 5.62. The van der Waals surface area contributed by atoms with E-state index in [1.807, 2.05) is 4.90 Å². The molecular weight excluding hydrogens is 367 g/mol. The van der Waals surface area contributed by atoms with Crippen molar-refractivity contribution in [3.05, 3.63) is 29.1 Å². The lowest BCUT2D eigenvalue weighted by Crippen LogP contribution is -2.54. The first-order valence-corrected chi connectivity index (χ1v) is 9.49. The molecule has 0 aromatic heterocycles. The molecule has 5 rings (SSSR count). The standard InChI is InChI=1S/C19H19FN4O4/c20-12-4-3-11-15(16(12)23-7-9-1-2-10(8-23)21-9)19(28)24(18(11)27)13-5-6-14(25)22-17(13)26/h3-4,9-10,13,21H,1-2,5-8H2,(H,22,25,26). The monoisotopic (exact) mass is 386 g/mol. The average molecular weight is 386 g/mol. The van der Waals surface area contributed by atoms with Gasteiger partial charge < -0.3 is 10.2 Å². The molecule has 146 valence electrons. The molecule has 1 aromatic carbocycles. The lowest BCUT2D eigenvalue weighted by atomic mass is 10.0. The van der Waals surface area contributed by atoms with Gasteiger partial charge >= 0.3 is 0 Å². The van der Waals surface area contributed by atoms with Gasteiger partial charge in [0.15, 0.2) is 0 Å². The van der Waals surface area contributed by atoms with E-state index in [1.165, 1.54) is 12.1 Å². The maximum Gasteiger partial charge on any atom is 0.264 e. The van der Waals surface area contributed by atoms with Gasteiger partial charge in [0, 0.05) is 31.6 Å². The summed E-state index contributed by atoms with van der Waals surface area (Å²) < 4.78 is 14.8. The van der Waals surface area contributed by atoms with Crippen LogP contribution in [0.1, 0.15) is 46.4 Å². The number of anilines is 1. The molecule has 0 saturated carbocycles. The van der Waals surface area contributed by atoms with Gasteiger partial charge in [0.1, 0.15) is 11.9 Å². The van der Waals surface area contributed by atoms with E-state index in [2.05, 4.69) is 10.6 Å². The fourth-order valence-electron chi connectivity index (χ4n) is 4.80. The summed E-state index contributed by atoms with van der Waals surface area (Å²) in [5.74, 6) is -2.94. The third-order valence-corrected chi connectivity index (χ3v) is 6.07. The number of fused-ring (bicyclic) bond motifs is 3. The number of hydrogen-bond donors (Lipinski definition) is 2. The number of piperazine rings is 1. The van der Waals surface area contributed by atoms with Crippen molar-refractivity contribution < 1.29 is 23.6 Å². The van der Waals surface area contributed by atoms with E-state index >= 15 is 0 Å². The highest BCUT2D eigenvalue weighted by molar-refractivity contribution is 6.25. The van der Waals surface area contributed by atoms with Crippen LogP contribution in [0.2, 0.25) is 0 Å². The van der Waals surface area contributed by atoms with Gasteiger partial charge in [-0.05, 0) is 31.4 Å². The van der Waals surface area contributed by atoms with Crippen molar-refractivity contribution in [3.63, 3.8) is 0 Å². The van der Waals surface area contributed by atoms with Crippen molar-refractivity contribution in [2.24, 2.45) is 0 Å². The van der Waals surface area contributed by atoms with Crippen LogP contribution in [0.15, 0.2) is 12.1 Å². The second-order valence-electron chi connectivity index (χ2n) is 7.81. The number of nitrogens with one attached hydrogen (secondary N) is 2. The molecule has 4 aliphatic rings. The van der Waals surface area contributed by atoms with Crippen LogP contribution in [0.4, 0.5) is 10.1 Å². The fraction of sp³-hybridized carbons (Fsp3) is 0.474. The maximum absolute atomic E-state index is 14.8. The van der Waals surface area contributed by atoms with E-state index in [-0.39, 0.29) is 41.7 Å². The van der Waals surface area contributed by atoms with E-state index in [0.29, 0.717) is 13.1 Å². The number of benzene rings is 1. The Kier molecular flexibility index (Phi) is 3.77. The molecule has 1 aromatic rings. The molecule has 3 atom stereocenters. The van der Waals surface area contributed by atoms with E-state index in [4.69, 9.17) is 0 Å². The highest BCUT2D eigenvalue weighted by Gasteiger charge is 2.47. The predicted octanol–water partition coefficient (Wildman–Crippen LogP) is 0.168. The van der Waals surface area contributed by atoms with Crippen molar-refractivity contribution in [1.82, 2.24) is 15.5 Å². The molecule has 0 spiro atoms. The number of amides is 4. The minimum Gasteiger partial charge on any atom is -0.365 e. The van der Waals surface area contributed by atoms with E-state index in [9.17, 15) is 23.6 Å². The van der Waals surface area contributed by atoms with E-state index in [1.54, 1.807) is 0 Å². The Bertz CT molecular complexity index is 921. The van der Waals surface area contributed by atoms with Crippen LogP contribution >= 0.6 is 0 Å². The first-order valence-electron chi connectivity index (χ1n) is 9.49. The van der Waals surface area contributed by atoms with Crippen molar-refractivity contribution in [2.45, 2.75) is 43.8 Å². The number of halogens is 1. The number of nitrogens with zero attached hydrogens (tertiary/aromatic N) is 2. The van der Waals surface area contributed by atoms with Crippen molar-refractivity contribution in [3.8, 4) is 0 Å². The highest BCUT2D eigenvalue weighted by Crippen LogP contribution is 2.37. The smallest absolute Gasteiger partial charge is 0.264 e. The molecule has 3 fully saturated rings. The zero-order valence-electron chi connectivity index (χ0n) is 15.0. The summed E-state index contributed by atoms with van der Waals surface area (Å²) >= 11 is 0. The van der Waals surface area contributed by atoms with Crippen molar-refractivity contribution >= 4 is 29.3 Å². The van der Waals surface area contributed by atoms with Gasteiger partial charge in [-0.2, -0.15) is 0 Å². The first-order chi connectivity index (χ1) is 13.4. The lowest BCUT2D eigenvalue weighted by molar-refractivity contribution is -0.136. The second-order valence-corrected chi connectivity index (χ2v) is 7.81. The molecule has 9 heteroatoms. The van der Waals surface area contributed by atoms with Crippen LogP contribution in [-0.4, -0.2) is 59.7 Å². The van der Waals surface area contributed by atoms with Gasteiger partial charge in [0.25, 0.3) is 11.8 Å². The van der Waals surface area contributed by atoms with Gasteiger partial charge in [-0.1, -0.05) is 0 Å². The van der Waals surface area contributed by atoms with Crippen LogP contribution in [0, 0.1) is 5.82 Å². The molecule has 4 amide bonds. The summed E-state index contributed by atoms with van der Waals surface area (Å²) in [4.78, 5) is 52.4. The molecule has 4 aliphatic heterocycles. The summed E-state index contributed by atoms with van der Waals surface area (Å²) in [6, 6.07) is 1.91. The Morgan fingerprint density at radius 1 is 0.964 bits per heavy atom. The molecule has 0 radical (unpaired) electrons. The Morgan fingerprint density at radius 3 is 2.36 bits per heavy atom. The number of carbonyl (C=O) groups excluding carboxylic acids is 4. The molecule has 28 heavy (non-hydrogen) atoms. The topological polar surface area (TPSA) is 98.8 Å². The molecule has 3 saturated heterocycles. The third kappa shape index (κ3) is 2.46. The molecule has 2 N–H and O–H groups in total. The van der Waals surface area contributed by atoms with Crippen LogP contribution in [0.5, 0.6) is 0 Å². The SMILES string of the molecule is O=C1CCC(N2C(=O)c3ccc(F)c(N4CC5CCC(C4)N5)c3C2=O)C(=O)N1. The van der Waals surface area contributed by atoms with Gasteiger partial charge in [0.05, 0.1) is 16.8 Å². The lowest BCUT2D eigenvalue weighted by Gasteiger charge is -2.35. The van der Waals surface area contributed by atoms with E-state index in [0.717, 1.165) is 17.7 Å². The minimum atomic E-state index is -1.06. The Hall–Kier alpha value is -2.81. The van der Waals surface area contributed by atoms with Gasteiger partial charge in [-0.25, -0.2) is 4.39 Å². The summed E-state index contributed by atoms with van der Waals surface area (Å²) in [6.45, 7) is 1.12. The maximum atomic E-state index is 14.8. The first kappa shape index (κ1) is 17.3. The van der Waals surface area contributed by atoms with Crippen molar-refractivity contribution in [2.75, 3.05) is 18.0 Å². The number of hydrogen-bond acceptors (Lipinski definition) is 6. The summed E-state index contributed by atoms with van der Waals surface area (Å²) in [5.41, 5.74) is 0.275. The normalized spacial score (nSPS) is 29.4. The van der Waals surface area contributed by atoms with E-state index < -0.39 is 35.5 Å². The van der Waals surface area contributed by atoms with Crippen LogP contribution in [0.25, 0.3) is 0 Å². The zero-order chi connectivity index (χ0) is 19.6. The molecule has 0 aliphatic carbocycles. The highest BCUT2D eigenvalue weighted by atomic mass is 19.1. The number of piperidine rings is 1. The van der Waals surface area contributed by atoms with Crippen molar-refractivity contribution in [1.29, 1.82) is 0 Å². The van der Waals surface area contributed by atoms with Crippen LogP contribution in [0.3, 0.4) is 0 Å². The Labute approximate surface area is 160 Å². The fourth-order valence-corrected chi connectivity index (χ4v) is 4.80. The van der Waals surface area contributed by atoms with Gasteiger partial charge in [0.2, 0.25) is 11.8 Å². The number of rotatable bonds is 2. The molecular formula is C19H19FN4O4. The average Bonchev–Trinajstić information content (AvgIpc) is 3.12. The van der Waals surface area contributed by atoms with Gasteiger partial charge in [-0.15, -0.1) is 0 Å². The quantitative estimate of drug-likeness (QED) is 0.703. The number of imide groups is 2. The molecule has 2 bridgehead atoms. The van der Waals surface area contributed by atoms with Gasteiger partial charge in [-0.3, -0.25) is 29.4 Å². The minimum absolute atomic E-state index is 0.0241. The third-order valence-electron chi connectivity index (χ3n) is 6.07. The zero-order valence-corrected chi connectivity index (χ0v) is 15.0. The Balaban J connectivity index is 1.54.